The van der Waals surface area contributed by atoms with Crippen LogP contribution in [0.25, 0.3) is 21.0 Å². The number of H-pyrrole nitrogens is 1. The zero-order valence-electron chi connectivity index (χ0n) is 17.5. The van der Waals surface area contributed by atoms with Crippen molar-refractivity contribution in [3.8, 4) is 0 Å². The van der Waals surface area contributed by atoms with Crippen molar-refractivity contribution >= 4 is 50.1 Å². The third-order valence-electron chi connectivity index (χ3n) is 5.51. The number of fused-ring (bicyclic) bond motifs is 2. The van der Waals surface area contributed by atoms with Gasteiger partial charge in [0.15, 0.2) is 0 Å². The number of rotatable bonds is 6. The average molecular weight is 499 g/mol. The van der Waals surface area contributed by atoms with E-state index in [9.17, 15) is 18.0 Å². The number of thioether (sulfide) groups is 1. The third-order valence-corrected chi connectivity index (χ3v) is 7.81. The normalized spacial score (nSPS) is 12.9. The molecular weight excluding hydrogens is 481 g/mol. The molecule has 1 unspecified atom stereocenters. The van der Waals surface area contributed by atoms with E-state index in [1.165, 1.54) is 35.2 Å². The SMILES string of the molecule is O=C(O)Cc1csc2cc(SC(c3cccc(C(F)(F)F)c3)c3ccc4cn[nH]c4c3)ccc12. The van der Waals surface area contributed by atoms with Crippen LogP contribution in [0.4, 0.5) is 13.2 Å². The van der Waals surface area contributed by atoms with E-state index < -0.39 is 23.0 Å². The molecule has 0 aliphatic heterocycles. The third kappa shape index (κ3) is 4.53. The van der Waals surface area contributed by atoms with Crippen LogP contribution in [-0.2, 0) is 17.4 Å². The monoisotopic (exact) mass is 498 g/mol. The van der Waals surface area contributed by atoms with Crippen molar-refractivity contribution < 1.29 is 23.1 Å². The lowest BCUT2D eigenvalue weighted by atomic mass is 10.0. The highest BCUT2D eigenvalue weighted by molar-refractivity contribution is 7.99. The molecule has 0 fully saturated rings. The molecule has 0 amide bonds. The number of carbonyl (C=O) groups is 1. The molecule has 0 radical (unpaired) electrons. The van der Waals surface area contributed by atoms with Gasteiger partial charge in [0.25, 0.3) is 0 Å². The minimum Gasteiger partial charge on any atom is -0.481 e. The summed E-state index contributed by atoms with van der Waals surface area (Å²) >= 11 is 2.91. The number of aliphatic carboxylic acids is 1. The van der Waals surface area contributed by atoms with Crippen molar-refractivity contribution in [2.75, 3.05) is 0 Å². The molecule has 5 aromatic rings. The average Bonchev–Trinajstić information content (AvgIpc) is 3.43. The molecule has 0 spiro atoms. The quantitative estimate of drug-likeness (QED) is 0.241. The summed E-state index contributed by atoms with van der Waals surface area (Å²) in [5, 5.41) is 19.3. The standard InChI is InChI=1S/C25H17F3N2O2S2/c26-25(27,28)18-3-1-2-14(8-18)24(15-4-5-16-12-29-30-21(16)9-15)34-19-6-7-20-17(10-23(31)32)13-33-22(20)11-19/h1-9,11-13,24H,10H2,(H,29,30)(H,31,32). The molecular formula is C25H17F3N2O2S2. The van der Waals surface area contributed by atoms with E-state index in [1.807, 2.05) is 41.8 Å². The molecule has 2 N–H and O–H groups in total. The summed E-state index contributed by atoms with van der Waals surface area (Å²) in [4.78, 5) is 12.0. The Bertz CT molecular complexity index is 1510. The number of thiophene rings is 1. The minimum atomic E-state index is -4.44. The van der Waals surface area contributed by atoms with E-state index >= 15 is 0 Å². The van der Waals surface area contributed by atoms with E-state index in [4.69, 9.17) is 5.11 Å². The highest BCUT2D eigenvalue weighted by Crippen LogP contribution is 2.44. The van der Waals surface area contributed by atoms with Crippen LogP contribution in [0.5, 0.6) is 0 Å². The number of carboxylic acids is 1. The van der Waals surface area contributed by atoms with E-state index in [1.54, 1.807) is 12.3 Å². The van der Waals surface area contributed by atoms with Gasteiger partial charge in [-0.25, -0.2) is 0 Å². The Kier molecular flexibility index (Phi) is 5.83. The predicted molar refractivity (Wildman–Crippen MR) is 128 cm³/mol. The summed E-state index contributed by atoms with van der Waals surface area (Å²) in [5.41, 5.74) is 2.26. The molecule has 0 aliphatic carbocycles. The van der Waals surface area contributed by atoms with Crippen LogP contribution in [0.2, 0.25) is 0 Å². The zero-order chi connectivity index (χ0) is 23.9. The van der Waals surface area contributed by atoms with Gasteiger partial charge < -0.3 is 5.11 Å². The van der Waals surface area contributed by atoms with Crippen LogP contribution in [0, 0.1) is 0 Å². The number of hydrogen-bond donors (Lipinski definition) is 2. The smallest absolute Gasteiger partial charge is 0.416 e. The Labute approximate surface area is 200 Å². The lowest BCUT2D eigenvalue weighted by molar-refractivity contribution is -0.138. The fraction of sp³-hybridized carbons (Fsp3) is 0.120. The van der Waals surface area contributed by atoms with Crippen LogP contribution in [0.15, 0.2) is 77.1 Å². The van der Waals surface area contributed by atoms with E-state index in [-0.39, 0.29) is 6.42 Å². The van der Waals surface area contributed by atoms with E-state index in [0.717, 1.165) is 43.1 Å². The summed E-state index contributed by atoms with van der Waals surface area (Å²) in [7, 11) is 0. The van der Waals surface area contributed by atoms with Crippen LogP contribution < -0.4 is 0 Å². The highest BCUT2D eigenvalue weighted by Gasteiger charge is 2.31. The molecule has 1 atom stereocenters. The summed E-state index contributed by atoms with van der Waals surface area (Å²) in [5.74, 6) is -0.892. The fourth-order valence-electron chi connectivity index (χ4n) is 3.90. The summed E-state index contributed by atoms with van der Waals surface area (Å²) in [6, 6.07) is 16.9. The minimum absolute atomic E-state index is 0.0520. The van der Waals surface area contributed by atoms with Gasteiger partial charge in [-0.15, -0.1) is 23.1 Å². The van der Waals surface area contributed by atoms with Crippen molar-refractivity contribution in [3.63, 3.8) is 0 Å². The number of nitrogens with zero attached hydrogens (tertiary/aromatic N) is 1. The van der Waals surface area contributed by atoms with Gasteiger partial charge in [0.1, 0.15) is 0 Å². The molecule has 5 rings (SSSR count). The Morgan fingerprint density at radius 1 is 1.09 bits per heavy atom. The van der Waals surface area contributed by atoms with Crippen molar-refractivity contribution in [2.45, 2.75) is 22.7 Å². The van der Waals surface area contributed by atoms with Crippen LogP contribution in [-0.4, -0.2) is 21.3 Å². The largest absolute Gasteiger partial charge is 0.481 e. The molecule has 3 aromatic carbocycles. The number of carboxylic acid groups (broad SMARTS) is 1. The predicted octanol–water partition coefficient (Wildman–Crippen LogP) is 7.31. The first-order valence-corrected chi connectivity index (χ1v) is 12.0. The molecule has 34 heavy (non-hydrogen) atoms. The Hall–Kier alpha value is -3.30. The van der Waals surface area contributed by atoms with E-state index in [0.29, 0.717) is 5.56 Å². The number of aromatic nitrogens is 2. The van der Waals surface area contributed by atoms with Gasteiger partial charge >= 0.3 is 12.1 Å². The molecule has 9 heteroatoms. The van der Waals surface area contributed by atoms with E-state index in [2.05, 4.69) is 10.2 Å². The second-order valence-corrected chi connectivity index (χ2v) is 9.92. The lowest BCUT2D eigenvalue weighted by Gasteiger charge is -2.19. The number of benzene rings is 3. The van der Waals surface area contributed by atoms with Gasteiger partial charge in [0.05, 0.1) is 28.9 Å². The maximum absolute atomic E-state index is 13.4. The van der Waals surface area contributed by atoms with Crippen LogP contribution in [0.3, 0.4) is 0 Å². The van der Waals surface area contributed by atoms with Gasteiger partial charge in [0.2, 0.25) is 0 Å². The molecule has 0 bridgehead atoms. The van der Waals surface area contributed by atoms with Crippen LogP contribution in [0.1, 0.15) is 27.5 Å². The molecule has 2 heterocycles. The summed E-state index contributed by atoms with van der Waals surface area (Å²) < 4.78 is 41.2. The zero-order valence-corrected chi connectivity index (χ0v) is 19.1. The first-order valence-electron chi connectivity index (χ1n) is 10.3. The summed E-state index contributed by atoms with van der Waals surface area (Å²) in [6.07, 6.45) is -2.79. The van der Waals surface area contributed by atoms with Gasteiger partial charge in [-0.05, 0) is 51.7 Å². The number of nitrogens with one attached hydrogen (secondary N) is 1. The topological polar surface area (TPSA) is 66.0 Å². The Morgan fingerprint density at radius 2 is 1.91 bits per heavy atom. The number of halogens is 3. The number of aromatic amines is 1. The van der Waals surface area contributed by atoms with Gasteiger partial charge in [-0.3, -0.25) is 9.89 Å². The molecule has 0 saturated carbocycles. The number of alkyl halides is 3. The first kappa shape index (κ1) is 22.5. The van der Waals surface area contributed by atoms with Crippen molar-refractivity contribution in [2.24, 2.45) is 0 Å². The van der Waals surface area contributed by atoms with Crippen molar-refractivity contribution in [3.05, 3.63) is 94.5 Å². The Morgan fingerprint density at radius 3 is 2.71 bits per heavy atom. The van der Waals surface area contributed by atoms with Crippen LogP contribution >= 0.6 is 23.1 Å². The number of hydrogen-bond acceptors (Lipinski definition) is 4. The highest BCUT2D eigenvalue weighted by atomic mass is 32.2. The lowest BCUT2D eigenvalue weighted by Crippen LogP contribution is -2.06. The molecule has 4 nitrogen and oxygen atoms in total. The second-order valence-electron chi connectivity index (χ2n) is 7.83. The molecule has 172 valence electrons. The van der Waals surface area contributed by atoms with Crippen molar-refractivity contribution in [1.29, 1.82) is 0 Å². The van der Waals surface area contributed by atoms with Crippen molar-refractivity contribution in [1.82, 2.24) is 10.2 Å². The second kappa shape index (κ2) is 8.81. The molecule has 2 aromatic heterocycles. The molecule has 0 saturated heterocycles. The maximum Gasteiger partial charge on any atom is 0.416 e. The summed E-state index contributed by atoms with van der Waals surface area (Å²) in [6.45, 7) is 0. The first-order chi connectivity index (χ1) is 16.3. The Balaban J connectivity index is 1.56. The fourth-order valence-corrected chi connectivity index (χ4v) is 6.14. The molecule has 0 aliphatic rings. The van der Waals surface area contributed by atoms with Gasteiger partial charge in [-0.1, -0.05) is 36.4 Å². The van der Waals surface area contributed by atoms with Gasteiger partial charge in [-0.2, -0.15) is 18.3 Å². The maximum atomic E-state index is 13.4. The van der Waals surface area contributed by atoms with Gasteiger partial charge in [0, 0.05) is 15.0 Å².